The van der Waals surface area contributed by atoms with Crippen LogP contribution >= 0.6 is 22.9 Å². The van der Waals surface area contributed by atoms with Crippen molar-refractivity contribution >= 4 is 28.1 Å². The van der Waals surface area contributed by atoms with Crippen molar-refractivity contribution < 1.29 is 0 Å². The van der Waals surface area contributed by atoms with Crippen LogP contribution in [0.25, 0.3) is 10.7 Å². The Kier molecular flexibility index (Phi) is 2.88. The Labute approximate surface area is 95.9 Å². The van der Waals surface area contributed by atoms with E-state index in [1.54, 1.807) is 10.9 Å². The highest BCUT2D eigenvalue weighted by Crippen LogP contribution is 2.29. The van der Waals surface area contributed by atoms with E-state index in [0.29, 0.717) is 20.9 Å². The molecule has 0 bridgehead atoms. The minimum absolute atomic E-state index is 0.422. The molecule has 0 saturated carbocycles. The SMILES string of the molecule is CCCn1cc(Cl)c(-c2nnc(N)s2)n1. The molecule has 0 spiro atoms. The van der Waals surface area contributed by atoms with Crippen molar-refractivity contribution in [2.45, 2.75) is 19.9 Å². The van der Waals surface area contributed by atoms with Gasteiger partial charge in [0.15, 0.2) is 5.01 Å². The molecular weight excluding hydrogens is 234 g/mol. The third-order valence-corrected chi connectivity index (χ3v) is 2.85. The predicted octanol–water partition coefficient (Wildman–Crippen LogP) is 2.05. The summed E-state index contributed by atoms with van der Waals surface area (Å²) in [6, 6.07) is 0. The van der Waals surface area contributed by atoms with E-state index < -0.39 is 0 Å². The number of anilines is 1. The van der Waals surface area contributed by atoms with Crippen molar-refractivity contribution in [3.05, 3.63) is 11.2 Å². The van der Waals surface area contributed by atoms with Crippen LogP contribution in [0.4, 0.5) is 5.13 Å². The van der Waals surface area contributed by atoms with E-state index in [1.807, 2.05) is 0 Å². The van der Waals surface area contributed by atoms with Gasteiger partial charge in [-0.05, 0) is 6.42 Å². The largest absolute Gasteiger partial charge is 0.374 e. The molecule has 2 N–H and O–H groups in total. The third-order valence-electron chi connectivity index (χ3n) is 1.81. The molecule has 0 amide bonds. The molecule has 0 aliphatic rings. The van der Waals surface area contributed by atoms with E-state index in [-0.39, 0.29) is 0 Å². The number of halogens is 1. The number of aryl methyl sites for hydroxylation is 1. The van der Waals surface area contributed by atoms with E-state index in [1.165, 1.54) is 11.3 Å². The highest BCUT2D eigenvalue weighted by Gasteiger charge is 2.13. The summed E-state index contributed by atoms with van der Waals surface area (Å²) in [6.45, 7) is 2.92. The average molecular weight is 244 g/mol. The number of nitrogen functional groups attached to an aromatic ring is 1. The van der Waals surface area contributed by atoms with Gasteiger partial charge in [-0.2, -0.15) is 5.10 Å². The van der Waals surface area contributed by atoms with Gasteiger partial charge in [-0.3, -0.25) is 4.68 Å². The Bertz CT molecular complexity index is 463. The van der Waals surface area contributed by atoms with Crippen molar-refractivity contribution in [2.24, 2.45) is 0 Å². The van der Waals surface area contributed by atoms with Gasteiger partial charge in [0, 0.05) is 12.7 Å². The number of nitrogens with two attached hydrogens (primary N) is 1. The highest BCUT2D eigenvalue weighted by molar-refractivity contribution is 7.18. The zero-order valence-electron chi connectivity index (χ0n) is 8.14. The second kappa shape index (κ2) is 4.16. The summed E-state index contributed by atoms with van der Waals surface area (Å²) in [5, 5.41) is 13.6. The second-order valence-corrected chi connectivity index (χ2v) is 4.45. The quantitative estimate of drug-likeness (QED) is 0.896. The van der Waals surface area contributed by atoms with Gasteiger partial charge in [0.2, 0.25) is 5.13 Å². The Morgan fingerprint density at radius 1 is 1.53 bits per heavy atom. The van der Waals surface area contributed by atoms with Crippen molar-refractivity contribution in [2.75, 3.05) is 5.73 Å². The van der Waals surface area contributed by atoms with Crippen LogP contribution in [0.15, 0.2) is 6.20 Å². The first-order chi connectivity index (χ1) is 7.20. The number of nitrogens with zero attached hydrogens (tertiary/aromatic N) is 4. The van der Waals surface area contributed by atoms with Gasteiger partial charge in [-0.15, -0.1) is 10.2 Å². The van der Waals surface area contributed by atoms with Crippen molar-refractivity contribution in [1.29, 1.82) is 0 Å². The van der Waals surface area contributed by atoms with Gasteiger partial charge >= 0.3 is 0 Å². The summed E-state index contributed by atoms with van der Waals surface area (Å²) >= 11 is 7.32. The number of rotatable bonds is 3. The highest BCUT2D eigenvalue weighted by atomic mass is 35.5. The lowest BCUT2D eigenvalue weighted by Crippen LogP contribution is -1.96. The van der Waals surface area contributed by atoms with E-state index in [4.69, 9.17) is 17.3 Å². The zero-order valence-corrected chi connectivity index (χ0v) is 9.72. The molecule has 0 saturated heterocycles. The molecule has 2 heterocycles. The maximum atomic E-state index is 6.04. The summed E-state index contributed by atoms with van der Waals surface area (Å²) in [4.78, 5) is 0. The van der Waals surface area contributed by atoms with Crippen LogP contribution in [0.3, 0.4) is 0 Å². The maximum Gasteiger partial charge on any atom is 0.203 e. The first-order valence-electron chi connectivity index (χ1n) is 4.53. The molecule has 5 nitrogen and oxygen atoms in total. The topological polar surface area (TPSA) is 69.6 Å². The number of hydrogen-bond acceptors (Lipinski definition) is 5. The summed E-state index contributed by atoms with van der Waals surface area (Å²) in [6.07, 6.45) is 2.80. The summed E-state index contributed by atoms with van der Waals surface area (Å²) in [5.74, 6) is 0. The molecule has 0 aliphatic carbocycles. The van der Waals surface area contributed by atoms with Crippen LogP contribution in [-0.4, -0.2) is 20.0 Å². The standard InChI is InChI=1S/C8H10ClN5S/c1-2-3-14-4-5(9)6(13-14)7-11-12-8(10)15-7/h4H,2-3H2,1H3,(H2,10,12). The molecule has 2 rings (SSSR count). The molecule has 2 aromatic rings. The molecule has 0 unspecified atom stereocenters. The van der Waals surface area contributed by atoms with Gasteiger partial charge < -0.3 is 5.73 Å². The van der Waals surface area contributed by atoms with Gasteiger partial charge in [0.25, 0.3) is 0 Å². The molecular formula is C8H10ClN5S. The Morgan fingerprint density at radius 3 is 2.93 bits per heavy atom. The fraction of sp³-hybridized carbons (Fsp3) is 0.375. The molecule has 0 fully saturated rings. The second-order valence-electron chi connectivity index (χ2n) is 3.03. The van der Waals surface area contributed by atoms with Gasteiger partial charge in [-0.1, -0.05) is 29.9 Å². The average Bonchev–Trinajstić information content (AvgIpc) is 2.73. The predicted molar refractivity (Wildman–Crippen MR) is 60.8 cm³/mol. The Hall–Kier alpha value is -1.14. The first kappa shape index (κ1) is 10.4. The van der Waals surface area contributed by atoms with E-state index >= 15 is 0 Å². The zero-order chi connectivity index (χ0) is 10.8. The molecule has 15 heavy (non-hydrogen) atoms. The third kappa shape index (κ3) is 2.10. The molecule has 0 atom stereocenters. The lowest BCUT2D eigenvalue weighted by atomic mass is 10.4. The monoisotopic (exact) mass is 243 g/mol. The maximum absolute atomic E-state index is 6.04. The molecule has 80 valence electrons. The van der Waals surface area contributed by atoms with Gasteiger partial charge in [0.05, 0.1) is 5.02 Å². The Balaban J connectivity index is 2.35. The van der Waals surface area contributed by atoms with Gasteiger partial charge in [0.1, 0.15) is 5.69 Å². The van der Waals surface area contributed by atoms with Crippen LogP contribution in [0.2, 0.25) is 5.02 Å². The van der Waals surface area contributed by atoms with Crippen molar-refractivity contribution in [3.8, 4) is 10.7 Å². The van der Waals surface area contributed by atoms with E-state index in [9.17, 15) is 0 Å². The lowest BCUT2D eigenvalue weighted by Gasteiger charge is -1.94. The molecule has 0 aliphatic heterocycles. The van der Waals surface area contributed by atoms with E-state index in [2.05, 4.69) is 22.2 Å². The minimum Gasteiger partial charge on any atom is -0.374 e. The molecule has 0 aromatic carbocycles. The summed E-state index contributed by atoms with van der Waals surface area (Å²) in [7, 11) is 0. The van der Waals surface area contributed by atoms with Crippen LogP contribution in [0.1, 0.15) is 13.3 Å². The normalized spacial score (nSPS) is 10.8. The molecule has 7 heteroatoms. The van der Waals surface area contributed by atoms with Crippen LogP contribution < -0.4 is 5.73 Å². The number of hydrogen-bond donors (Lipinski definition) is 1. The van der Waals surface area contributed by atoms with E-state index in [0.717, 1.165) is 13.0 Å². The smallest absolute Gasteiger partial charge is 0.203 e. The van der Waals surface area contributed by atoms with Crippen LogP contribution in [0, 0.1) is 0 Å². The van der Waals surface area contributed by atoms with Crippen molar-refractivity contribution in [3.63, 3.8) is 0 Å². The first-order valence-corrected chi connectivity index (χ1v) is 5.72. The molecule has 0 radical (unpaired) electrons. The summed E-state index contributed by atoms with van der Waals surface area (Å²) < 4.78 is 1.80. The van der Waals surface area contributed by atoms with Gasteiger partial charge in [-0.25, -0.2) is 0 Å². The fourth-order valence-electron chi connectivity index (χ4n) is 1.22. The summed E-state index contributed by atoms with van der Waals surface area (Å²) in [5.41, 5.74) is 6.15. The number of aromatic nitrogens is 4. The Morgan fingerprint density at radius 2 is 2.33 bits per heavy atom. The van der Waals surface area contributed by atoms with Crippen LogP contribution in [-0.2, 0) is 6.54 Å². The minimum atomic E-state index is 0.422. The molecule has 2 aromatic heterocycles. The van der Waals surface area contributed by atoms with Crippen molar-refractivity contribution in [1.82, 2.24) is 20.0 Å². The van der Waals surface area contributed by atoms with Crippen LogP contribution in [0.5, 0.6) is 0 Å². The fourth-order valence-corrected chi connectivity index (χ4v) is 2.12. The lowest BCUT2D eigenvalue weighted by molar-refractivity contribution is 0.604.